The fourth-order valence-corrected chi connectivity index (χ4v) is 4.03. The molecule has 5 aromatic rings. The first-order chi connectivity index (χ1) is 16.0. The molecule has 33 heavy (non-hydrogen) atoms. The van der Waals surface area contributed by atoms with Crippen LogP contribution in [-0.2, 0) is 6.61 Å². The number of rotatable bonds is 5. The quantitative estimate of drug-likeness (QED) is 0.332. The van der Waals surface area contributed by atoms with Gasteiger partial charge in [-0.15, -0.1) is 0 Å². The van der Waals surface area contributed by atoms with Crippen LogP contribution in [0.1, 0.15) is 26.3 Å². The van der Waals surface area contributed by atoms with Crippen molar-refractivity contribution in [2.45, 2.75) is 6.61 Å². The van der Waals surface area contributed by atoms with Crippen molar-refractivity contribution in [1.82, 2.24) is 4.57 Å². The second-order valence-electron chi connectivity index (χ2n) is 7.64. The first kappa shape index (κ1) is 20.8. The van der Waals surface area contributed by atoms with Gasteiger partial charge in [-0.2, -0.15) is 0 Å². The molecule has 0 amide bonds. The van der Waals surface area contributed by atoms with Gasteiger partial charge in [0, 0.05) is 21.4 Å². The van der Waals surface area contributed by atoms with Crippen LogP contribution >= 0.6 is 11.6 Å². The van der Waals surface area contributed by atoms with Crippen molar-refractivity contribution in [3.8, 4) is 5.75 Å². The number of halogens is 1. The summed E-state index contributed by atoms with van der Waals surface area (Å²) in [5.41, 5.74) is 2.95. The molecule has 1 N–H and O–H groups in total. The van der Waals surface area contributed by atoms with Crippen LogP contribution < -0.4 is 4.74 Å². The van der Waals surface area contributed by atoms with Gasteiger partial charge in [-0.1, -0.05) is 41.9 Å². The lowest BCUT2D eigenvalue weighted by atomic mass is 10.1. The lowest BCUT2D eigenvalue weighted by molar-refractivity contribution is 0.0697. The minimum atomic E-state index is -1.03. The number of fused-ring (bicyclic) bond motifs is 3. The number of hydrogen-bond acceptors (Lipinski definition) is 3. The maximum absolute atomic E-state index is 13.4. The zero-order valence-corrected chi connectivity index (χ0v) is 18.1. The minimum absolute atomic E-state index is 0.149. The van der Waals surface area contributed by atoms with Crippen molar-refractivity contribution in [1.29, 1.82) is 0 Å². The Morgan fingerprint density at radius 3 is 2.12 bits per heavy atom. The Hall–Kier alpha value is -4.09. The highest BCUT2D eigenvalue weighted by Gasteiger charge is 2.19. The van der Waals surface area contributed by atoms with Crippen molar-refractivity contribution in [3.05, 3.63) is 113 Å². The highest BCUT2D eigenvalue weighted by Crippen LogP contribution is 2.33. The number of aromatic nitrogens is 1. The first-order valence-electron chi connectivity index (χ1n) is 10.3. The fraction of sp³-hybridized carbons (Fsp3) is 0.0370. The molecule has 5 rings (SSSR count). The van der Waals surface area contributed by atoms with Gasteiger partial charge in [0.05, 0.1) is 16.6 Å². The molecule has 0 unspecified atom stereocenters. The predicted octanol–water partition coefficient (Wildman–Crippen LogP) is 6.41. The number of carboxylic acids is 1. The van der Waals surface area contributed by atoms with E-state index in [4.69, 9.17) is 16.3 Å². The average Bonchev–Trinajstić information content (AvgIpc) is 3.16. The molecular weight excluding hydrogens is 438 g/mol. The Kier molecular flexibility index (Phi) is 5.32. The van der Waals surface area contributed by atoms with Gasteiger partial charge in [0.25, 0.3) is 5.91 Å². The molecule has 0 aliphatic rings. The molecule has 1 aromatic heterocycles. The van der Waals surface area contributed by atoms with E-state index in [1.54, 1.807) is 41.0 Å². The molecule has 6 heteroatoms. The van der Waals surface area contributed by atoms with Crippen LogP contribution in [0.4, 0.5) is 0 Å². The summed E-state index contributed by atoms with van der Waals surface area (Å²) in [5.74, 6) is -0.629. The van der Waals surface area contributed by atoms with Crippen LogP contribution in [0, 0.1) is 0 Å². The van der Waals surface area contributed by atoms with Crippen LogP contribution in [0.15, 0.2) is 91.0 Å². The van der Waals surface area contributed by atoms with E-state index in [2.05, 4.69) is 0 Å². The number of carbonyl (C=O) groups is 2. The van der Waals surface area contributed by atoms with Crippen molar-refractivity contribution in [2.24, 2.45) is 0 Å². The standard InChI is InChI=1S/C27H18ClNO4/c28-20-9-6-18(7-10-20)26(30)29-24-12-8-19(27(31)32)14-22(24)23-15-21(11-13-25(23)29)33-16-17-4-2-1-3-5-17/h1-15H,16H2,(H,31,32). The van der Waals surface area contributed by atoms with Gasteiger partial charge in [0.15, 0.2) is 0 Å². The van der Waals surface area contributed by atoms with Gasteiger partial charge < -0.3 is 9.84 Å². The number of benzene rings is 4. The van der Waals surface area contributed by atoms with E-state index in [9.17, 15) is 14.7 Å². The van der Waals surface area contributed by atoms with E-state index >= 15 is 0 Å². The van der Waals surface area contributed by atoms with E-state index in [0.29, 0.717) is 39.4 Å². The molecule has 4 aromatic carbocycles. The average molecular weight is 456 g/mol. The van der Waals surface area contributed by atoms with Gasteiger partial charge in [-0.25, -0.2) is 4.79 Å². The summed E-state index contributed by atoms with van der Waals surface area (Å²) < 4.78 is 7.57. The molecule has 5 nitrogen and oxygen atoms in total. The molecular formula is C27H18ClNO4. The van der Waals surface area contributed by atoms with Crippen molar-refractivity contribution < 1.29 is 19.4 Å². The molecule has 0 saturated carbocycles. The van der Waals surface area contributed by atoms with Gasteiger partial charge in [0.1, 0.15) is 12.4 Å². The molecule has 162 valence electrons. The molecule has 0 bridgehead atoms. The SMILES string of the molecule is O=C(O)c1ccc2c(c1)c1cc(OCc3ccccc3)ccc1n2C(=O)c1ccc(Cl)cc1. The number of nitrogens with zero attached hydrogens (tertiary/aromatic N) is 1. The number of ether oxygens (including phenoxy) is 1. The van der Waals surface area contributed by atoms with E-state index in [1.807, 2.05) is 48.5 Å². The third kappa shape index (κ3) is 3.95. The lowest BCUT2D eigenvalue weighted by Crippen LogP contribution is -2.11. The molecule has 0 aliphatic carbocycles. The summed E-state index contributed by atoms with van der Waals surface area (Å²) in [5, 5.41) is 11.4. The Morgan fingerprint density at radius 2 is 1.42 bits per heavy atom. The Balaban J connectivity index is 1.65. The van der Waals surface area contributed by atoms with E-state index in [0.717, 1.165) is 10.9 Å². The molecule has 0 aliphatic heterocycles. The summed E-state index contributed by atoms with van der Waals surface area (Å²) in [7, 11) is 0. The van der Waals surface area contributed by atoms with E-state index < -0.39 is 5.97 Å². The normalized spacial score (nSPS) is 11.1. The second-order valence-corrected chi connectivity index (χ2v) is 8.07. The van der Waals surface area contributed by atoms with Crippen molar-refractivity contribution in [3.63, 3.8) is 0 Å². The van der Waals surface area contributed by atoms with Gasteiger partial charge in [-0.3, -0.25) is 9.36 Å². The summed E-state index contributed by atoms with van der Waals surface area (Å²) in [4.78, 5) is 25.0. The number of carbonyl (C=O) groups excluding carboxylic acids is 1. The maximum atomic E-state index is 13.4. The van der Waals surface area contributed by atoms with Crippen molar-refractivity contribution in [2.75, 3.05) is 0 Å². The first-order valence-corrected chi connectivity index (χ1v) is 10.7. The Morgan fingerprint density at radius 1 is 0.788 bits per heavy atom. The van der Waals surface area contributed by atoms with E-state index in [1.165, 1.54) is 6.07 Å². The second kappa shape index (κ2) is 8.45. The zero-order chi connectivity index (χ0) is 22.9. The van der Waals surface area contributed by atoms with E-state index in [-0.39, 0.29) is 11.5 Å². The van der Waals surface area contributed by atoms with Gasteiger partial charge in [-0.05, 0) is 66.2 Å². The smallest absolute Gasteiger partial charge is 0.335 e. The third-order valence-electron chi connectivity index (χ3n) is 5.53. The van der Waals surface area contributed by atoms with Crippen LogP contribution in [-0.4, -0.2) is 21.6 Å². The fourth-order valence-electron chi connectivity index (χ4n) is 3.91. The van der Waals surface area contributed by atoms with Crippen LogP contribution in [0.3, 0.4) is 0 Å². The Bertz CT molecular complexity index is 1500. The molecule has 1 heterocycles. The van der Waals surface area contributed by atoms with Crippen LogP contribution in [0.25, 0.3) is 21.8 Å². The highest BCUT2D eigenvalue weighted by molar-refractivity contribution is 6.30. The molecule has 0 spiro atoms. The minimum Gasteiger partial charge on any atom is -0.489 e. The van der Waals surface area contributed by atoms with Gasteiger partial charge >= 0.3 is 5.97 Å². The summed E-state index contributed by atoms with van der Waals surface area (Å²) >= 11 is 5.98. The topological polar surface area (TPSA) is 68.5 Å². The maximum Gasteiger partial charge on any atom is 0.335 e. The predicted molar refractivity (Wildman–Crippen MR) is 128 cm³/mol. The van der Waals surface area contributed by atoms with Crippen molar-refractivity contribution >= 4 is 45.3 Å². The third-order valence-corrected chi connectivity index (χ3v) is 5.78. The van der Waals surface area contributed by atoms with Gasteiger partial charge in [0.2, 0.25) is 0 Å². The molecule has 0 saturated heterocycles. The molecule has 0 fully saturated rings. The summed E-state index contributed by atoms with van der Waals surface area (Å²) in [6.07, 6.45) is 0. The molecule has 0 atom stereocenters. The number of aromatic carboxylic acids is 1. The largest absolute Gasteiger partial charge is 0.489 e. The Labute approximate surface area is 194 Å². The lowest BCUT2D eigenvalue weighted by Gasteiger charge is -2.08. The summed E-state index contributed by atoms with van der Waals surface area (Å²) in [6.45, 7) is 0.398. The summed E-state index contributed by atoms with van der Waals surface area (Å²) in [6, 6.07) is 26.7. The highest BCUT2D eigenvalue weighted by atomic mass is 35.5. The number of carboxylic acid groups (broad SMARTS) is 1. The number of hydrogen-bond donors (Lipinski definition) is 1. The zero-order valence-electron chi connectivity index (χ0n) is 17.4. The molecule has 0 radical (unpaired) electrons. The van der Waals surface area contributed by atoms with Crippen LogP contribution in [0.2, 0.25) is 5.02 Å². The van der Waals surface area contributed by atoms with Crippen LogP contribution in [0.5, 0.6) is 5.75 Å². The monoisotopic (exact) mass is 455 g/mol.